The highest BCUT2D eigenvalue weighted by atomic mass is 16.5. The van der Waals surface area contributed by atoms with Crippen molar-refractivity contribution in [2.24, 2.45) is 5.92 Å². The topological polar surface area (TPSA) is 41.6 Å². The highest BCUT2D eigenvalue weighted by molar-refractivity contribution is 5.76. The molecule has 0 bridgehead atoms. The summed E-state index contributed by atoms with van der Waals surface area (Å²) >= 11 is 0. The normalized spacial score (nSPS) is 29.5. The molecule has 0 saturated carbocycles. The van der Waals surface area contributed by atoms with Crippen LogP contribution in [-0.4, -0.2) is 48.2 Å². The first-order valence-electron chi connectivity index (χ1n) is 7.46. The monoisotopic (exact) mass is 268 g/mol. The first-order chi connectivity index (χ1) is 8.77. The van der Waals surface area contributed by atoms with Crippen LogP contribution in [0.4, 0.5) is 0 Å². The van der Waals surface area contributed by atoms with Crippen LogP contribution in [0.1, 0.15) is 47.0 Å². The van der Waals surface area contributed by atoms with E-state index in [0.29, 0.717) is 25.4 Å². The SMILES string of the molecule is CC1(C)CN(C(=O)CCC2CCNC2)CC(C)(C)O1. The van der Waals surface area contributed by atoms with E-state index in [1.54, 1.807) is 0 Å². The Morgan fingerprint density at radius 2 is 1.89 bits per heavy atom. The van der Waals surface area contributed by atoms with Crippen LogP contribution in [0.3, 0.4) is 0 Å². The number of hydrogen-bond donors (Lipinski definition) is 1. The zero-order valence-corrected chi connectivity index (χ0v) is 12.8. The van der Waals surface area contributed by atoms with Crippen LogP contribution in [0.5, 0.6) is 0 Å². The molecule has 2 aliphatic rings. The molecule has 0 radical (unpaired) electrons. The molecule has 2 fully saturated rings. The molecule has 4 heteroatoms. The van der Waals surface area contributed by atoms with E-state index in [0.717, 1.165) is 19.5 Å². The maximum atomic E-state index is 12.4. The molecule has 0 aromatic rings. The highest BCUT2D eigenvalue weighted by Gasteiger charge is 2.39. The first kappa shape index (κ1) is 14.8. The molecule has 2 heterocycles. The van der Waals surface area contributed by atoms with E-state index >= 15 is 0 Å². The lowest BCUT2D eigenvalue weighted by molar-refractivity contribution is -0.188. The first-order valence-corrected chi connectivity index (χ1v) is 7.46. The summed E-state index contributed by atoms with van der Waals surface area (Å²) in [7, 11) is 0. The zero-order chi connectivity index (χ0) is 14.1. The summed E-state index contributed by atoms with van der Waals surface area (Å²) in [6.07, 6.45) is 2.91. The zero-order valence-electron chi connectivity index (χ0n) is 12.8. The van der Waals surface area contributed by atoms with E-state index in [4.69, 9.17) is 4.74 Å². The van der Waals surface area contributed by atoms with Crippen LogP contribution in [0.25, 0.3) is 0 Å². The molecule has 0 aromatic heterocycles. The molecule has 110 valence electrons. The Labute approximate surface area is 116 Å². The lowest BCUT2D eigenvalue weighted by Gasteiger charge is -2.47. The van der Waals surface area contributed by atoms with E-state index in [1.165, 1.54) is 6.42 Å². The maximum absolute atomic E-state index is 12.4. The third kappa shape index (κ3) is 4.18. The minimum Gasteiger partial charge on any atom is -0.366 e. The summed E-state index contributed by atoms with van der Waals surface area (Å²) in [6.45, 7) is 11.9. The second kappa shape index (κ2) is 5.41. The van der Waals surface area contributed by atoms with E-state index in [9.17, 15) is 4.79 Å². The summed E-state index contributed by atoms with van der Waals surface area (Å²) in [4.78, 5) is 14.4. The Morgan fingerprint density at radius 1 is 1.26 bits per heavy atom. The van der Waals surface area contributed by atoms with Crippen molar-refractivity contribution < 1.29 is 9.53 Å². The third-order valence-corrected chi connectivity index (χ3v) is 3.98. The predicted octanol–water partition coefficient (Wildman–Crippen LogP) is 1.79. The van der Waals surface area contributed by atoms with Crippen LogP contribution in [0.2, 0.25) is 0 Å². The number of morpholine rings is 1. The van der Waals surface area contributed by atoms with Crippen molar-refractivity contribution >= 4 is 5.91 Å². The minimum absolute atomic E-state index is 0.244. The molecule has 19 heavy (non-hydrogen) atoms. The quantitative estimate of drug-likeness (QED) is 0.848. The Bertz CT molecular complexity index is 317. The van der Waals surface area contributed by atoms with E-state index in [-0.39, 0.29) is 17.1 Å². The second-order valence-electron chi connectivity index (χ2n) is 7.27. The lowest BCUT2D eigenvalue weighted by Crippen LogP contribution is -2.58. The van der Waals surface area contributed by atoms with Gasteiger partial charge in [0.25, 0.3) is 0 Å². The molecule has 2 rings (SSSR count). The van der Waals surface area contributed by atoms with Crippen LogP contribution in [-0.2, 0) is 9.53 Å². The number of hydrogen-bond acceptors (Lipinski definition) is 3. The molecule has 1 atom stereocenters. The van der Waals surface area contributed by atoms with Crippen LogP contribution in [0, 0.1) is 5.92 Å². The minimum atomic E-state index is -0.244. The van der Waals surface area contributed by atoms with Crippen LogP contribution in [0.15, 0.2) is 0 Å². The Morgan fingerprint density at radius 3 is 2.42 bits per heavy atom. The molecule has 1 unspecified atom stereocenters. The third-order valence-electron chi connectivity index (χ3n) is 3.98. The highest BCUT2D eigenvalue weighted by Crippen LogP contribution is 2.28. The number of amides is 1. The van der Waals surface area contributed by atoms with Gasteiger partial charge in [0.05, 0.1) is 11.2 Å². The molecule has 1 amide bonds. The number of carbonyl (C=O) groups is 1. The molecule has 2 aliphatic heterocycles. The maximum Gasteiger partial charge on any atom is 0.222 e. The number of ether oxygens (including phenoxy) is 1. The van der Waals surface area contributed by atoms with Gasteiger partial charge in [-0.15, -0.1) is 0 Å². The van der Waals surface area contributed by atoms with Gasteiger partial charge in [-0.05, 0) is 59.5 Å². The number of nitrogens with one attached hydrogen (secondary N) is 1. The van der Waals surface area contributed by atoms with Crippen LogP contribution >= 0.6 is 0 Å². The standard InChI is InChI=1S/C15H28N2O2/c1-14(2)10-17(11-15(3,4)19-14)13(18)6-5-12-7-8-16-9-12/h12,16H,5-11H2,1-4H3. The van der Waals surface area contributed by atoms with Gasteiger partial charge in [-0.1, -0.05) is 0 Å². The largest absolute Gasteiger partial charge is 0.366 e. The van der Waals surface area contributed by atoms with Crippen molar-refractivity contribution in [2.45, 2.75) is 58.2 Å². The summed E-state index contributed by atoms with van der Waals surface area (Å²) < 4.78 is 6.02. The van der Waals surface area contributed by atoms with Crippen molar-refractivity contribution in [2.75, 3.05) is 26.2 Å². The average molecular weight is 268 g/mol. The van der Waals surface area contributed by atoms with Gasteiger partial charge in [-0.2, -0.15) is 0 Å². The Hall–Kier alpha value is -0.610. The van der Waals surface area contributed by atoms with E-state index in [2.05, 4.69) is 33.0 Å². The van der Waals surface area contributed by atoms with E-state index in [1.807, 2.05) is 4.90 Å². The fraction of sp³-hybridized carbons (Fsp3) is 0.933. The average Bonchev–Trinajstić information content (AvgIpc) is 2.74. The van der Waals surface area contributed by atoms with Gasteiger partial charge < -0.3 is 15.0 Å². The van der Waals surface area contributed by atoms with Gasteiger partial charge in [-0.25, -0.2) is 0 Å². The Balaban J connectivity index is 1.87. The summed E-state index contributed by atoms with van der Waals surface area (Å²) in [5, 5.41) is 3.36. The number of carbonyl (C=O) groups excluding carboxylic acids is 1. The van der Waals surface area contributed by atoms with Crippen molar-refractivity contribution in [1.82, 2.24) is 10.2 Å². The lowest BCUT2D eigenvalue weighted by atomic mass is 9.97. The predicted molar refractivity (Wildman–Crippen MR) is 76.0 cm³/mol. The molecule has 0 aromatic carbocycles. The molecular formula is C15H28N2O2. The Kier molecular flexibility index (Phi) is 4.21. The number of nitrogens with zero attached hydrogens (tertiary/aromatic N) is 1. The van der Waals surface area contributed by atoms with Crippen LogP contribution < -0.4 is 5.32 Å². The summed E-state index contributed by atoms with van der Waals surface area (Å²) in [5.41, 5.74) is -0.487. The van der Waals surface area contributed by atoms with Crippen molar-refractivity contribution in [3.63, 3.8) is 0 Å². The van der Waals surface area contributed by atoms with Gasteiger partial charge in [0.2, 0.25) is 5.91 Å². The van der Waals surface area contributed by atoms with Gasteiger partial charge in [-0.3, -0.25) is 4.79 Å². The molecule has 1 N–H and O–H groups in total. The van der Waals surface area contributed by atoms with Gasteiger partial charge in [0, 0.05) is 19.5 Å². The van der Waals surface area contributed by atoms with Gasteiger partial charge in [0.15, 0.2) is 0 Å². The van der Waals surface area contributed by atoms with Gasteiger partial charge in [0.1, 0.15) is 0 Å². The summed E-state index contributed by atoms with van der Waals surface area (Å²) in [6, 6.07) is 0. The van der Waals surface area contributed by atoms with Gasteiger partial charge >= 0.3 is 0 Å². The van der Waals surface area contributed by atoms with E-state index < -0.39 is 0 Å². The summed E-state index contributed by atoms with van der Waals surface area (Å²) in [5.74, 6) is 0.974. The molecule has 0 aliphatic carbocycles. The second-order valence-corrected chi connectivity index (χ2v) is 7.27. The van der Waals surface area contributed by atoms with Crippen molar-refractivity contribution in [3.05, 3.63) is 0 Å². The van der Waals surface area contributed by atoms with Crippen molar-refractivity contribution in [3.8, 4) is 0 Å². The molecular weight excluding hydrogens is 240 g/mol. The number of rotatable bonds is 3. The fourth-order valence-electron chi connectivity index (χ4n) is 3.41. The van der Waals surface area contributed by atoms with Crippen molar-refractivity contribution in [1.29, 1.82) is 0 Å². The molecule has 0 spiro atoms. The molecule has 4 nitrogen and oxygen atoms in total. The smallest absolute Gasteiger partial charge is 0.222 e. The fourth-order valence-corrected chi connectivity index (χ4v) is 3.41. The molecule has 2 saturated heterocycles.